The second-order valence-electron chi connectivity index (χ2n) is 5.56. The molecule has 3 heterocycles. The highest BCUT2D eigenvalue weighted by molar-refractivity contribution is 5.95. The number of pyridine rings is 1. The number of carbonyl (C=O) groups excluding carboxylic acids is 1. The Morgan fingerprint density at radius 3 is 2.74 bits per heavy atom. The third-order valence-corrected chi connectivity index (χ3v) is 4.01. The van der Waals surface area contributed by atoms with E-state index in [-0.39, 0.29) is 5.91 Å². The predicted octanol–water partition coefficient (Wildman–Crippen LogP) is 2.16. The molecule has 0 aromatic carbocycles. The Balaban J connectivity index is 2.00. The molecule has 6 heteroatoms. The van der Waals surface area contributed by atoms with Crippen molar-refractivity contribution in [3.63, 3.8) is 0 Å². The molecule has 0 spiro atoms. The molecule has 0 unspecified atom stereocenters. The molecular formula is C17H20N4O2. The zero-order valence-electron chi connectivity index (χ0n) is 13.5. The summed E-state index contributed by atoms with van der Waals surface area (Å²) in [5.74, 6) is 1.50. The van der Waals surface area contributed by atoms with E-state index in [0.717, 1.165) is 29.1 Å². The van der Waals surface area contributed by atoms with Gasteiger partial charge < -0.3 is 4.74 Å². The fraction of sp³-hybridized carbons (Fsp3) is 0.412. The van der Waals surface area contributed by atoms with Gasteiger partial charge in [0.25, 0.3) is 0 Å². The minimum absolute atomic E-state index is 0.118. The van der Waals surface area contributed by atoms with Crippen LogP contribution in [0.1, 0.15) is 24.1 Å². The van der Waals surface area contributed by atoms with Crippen LogP contribution < -0.4 is 4.90 Å². The highest BCUT2D eigenvalue weighted by atomic mass is 16.5. The smallest absolute Gasteiger partial charge is 0.228 e. The summed E-state index contributed by atoms with van der Waals surface area (Å²) in [5.41, 5.74) is 2.91. The quantitative estimate of drug-likeness (QED) is 0.791. The van der Waals surface area contributed by atoms with Crippen molar-refractivity contribution in [2.75, 3.05) is 25.2 Å². The number of ether oxygens (including phenoxy) is 1. The summed E-state index contributed by atoms with van der Waals surface area (Å²) < 4.78 is 5.10. The molecule has 1 amide bonds. The fourth-order valence-corrected chi connectivity index (χ4v) is 2.81. The van der Waals surface area contributed by atoms with Crippen LogP contribution in [-0.4, -0.2) is 41.1 Å². The summed E-state index contributed by atoms with van der Waals surface area (Å²) in [6.07, 6.45) is 5.44. The van der Waals surface area contributed by atoms with Gasteiger partial charge in [0.1, 0.15) is 5.82 Å². The number of hydrogen-bond donors (Lipinski definition) is 0. The first-order valence-electron chi connectivity index (χ1n) is 7.78. The van der Waals surface area contributed by atoms with Crippen LogP contribution in [0, 0.1) is 6.92 Å². The third-order valence-electron chi connectivity index (χ3n) is 4.01. The fourth-order valence-electron chi connectivity index (χ4n) is 2.81. The first-order valence-corrected chi connectivity index (χ1v) is 7.78. The summed E-state index contributed by atoms with van der Waals surface area (Å²) in [6, 6.07) is 3.75. The molecule has 23 heavy (non-hydrogen) atoms. The van der Waals surface area contributed by atoms with E-state index in [9.17, 15) is 4.79 Å². The third kappa shape index (κ3) is 3.22. The van der Waals surface area contributed by atoms with Crippen LogP contribution in [0.4, 0.5) is 5.82 Å². The van der Waals surface area contributed by atoms with Gasteiger partial charge in [0, 0.05) is 55.9 Å². The Bertz CT molecular complexity index is 703. The van der Waals surface area contributed by atoms with Crippen molar-refractivity contribution in [1.82, 2.24) is 15.0 Å². The second-order valence-corrected chi connectivity index (χ2v) is 5.56. The number of nitrogens with zero attached hydrogens (tertiary/aromatic N) is 4. The number of fused-ring (bicyclic) bond motifs is 1. The Hall–Kier alpha value is -2.34. The molecular weight excluding hydrogens is 292 g/mol. The molecule has 0 aliphatic carbocycles. The predicted molar refractivity (Wildman–Crippen MR) is 87.2 cm³/mol. The van der Waals surface area contributed by atoms with Crippen molar-refractivity contribution >= 4 is 11.7 Å². The van der Waals surface area contributed by atoms with E-state index in [2.05, 4.69) is 15.0 Å². The van der Waals surface area contributed by atoms with Gasteiger partial charge >= 0.3 is 0 Å². The monoisotopic (exact) mass is 312 g/mol. The van der Waals surface area contributed by atoms with E-state index >= 15 is 0 Å². The molecule has 0 radical (unpaired) electrons. The number of hydrogen-bond acceptors (Lipinski definition) is 5. The van der Waals surface area contributed by atoms with Gasteiger partial charge in [0.2, 0.25) is 5.91 Å². The van der Waals surface area contributed by atoms with Gasteiger partial charge in [0.05, 0.1) is 0 Å². The summed E-state index contributed by atoms with van der Waals surface area (Å²) in [5, 5.41) is 0. The van der Waals surface area contributed by atoms with Crippen molar-refractivity contribution in [2.45, 2.75) is 26.2 Å². The van der Waals surface area contributed by atoms with Crippen LogP contribution in [0.2, 0.25) is 0 Å². The molecule has 1 aliphatic heterocycles. The maximum Gasteiger partial charge on any atom is 0.228 e. The van der Waals surface area contributed by atoms with Crippen LogP contribution in [0.3, 0.4) is 0 Å². The highest BCUT2D eigenvalue weighted by Gasteiger charge is 2.27. The van der Waals surface area contributed by atoms with Crippen molar-refractivity contribution in [3.8, 4) is 11.4 Å². The highest BCUT2D eigenvalue weighted by Crippen LogP contribution is 2.30. The van der Waals surface area contributed by atoms with Crippen molar-refractivity contribution in [2.24, 2.45) is 0 Å². The maximum atomic E-state index is 12.3. The molecule has 120 valence electrons. The molecule has 0 atom stereocenters. The van der Waals surface area contributed by atoms with Crippen LogP contribution in [0.25, 0.3) is 11.4 Å². The molecule has 2 aromatic rings. The zero-order valence-corrected chi connectivity index (χ0v) is 13.5. The van der Waals surface area contributed by atoms with Gasteiger partial charge in [-0.2, -0.15) is 0 Å². The minimum atomic E-state index is 0.118. The molecule has 0 saturated carbocycles. The second kappa shape index (κ2) is 6.83. The Labute approximate surface area is 135 Å². The number of anilines is 1. The normalized spacial score (nSPS) is 14.0. The molecule has 1 aliphatic rings. The van der Waals surface area contributed by atoms with Gasteiger partial charge in [-0.05, 0) is 31.9 Å². The van der Waals surface area contributed by atoms with Crippen LogP contribution >= 0.6 is 0 Å². The summed E-state index contributed by atoms with van der Waals surface area (Å²) in [4.78, 5) is 27.4. The number of rotatable bonds is 5. The topological polar surface area (TPSA) is 68.2 Å². The van der Waals surface area contributed by atoms with Crippen LogP contribution in [-0.2, 0) is 16.0 Å². The molecule has 0 bridgehead atoms. The average molecular weight is 312 g/mol. The van der Waals surface area contributed by atoms with Crippen LogP contribution in [0.5, 0.6) is 0 Å². The van der Waals surface area contributed by atoms with Gasteiger partial charge in [-0.25, -0.2) is 9.97 Å². The summed E-state index contributed by atoms with van der Waals surface area (Å²) >= 11 is 0. The van der Waals surface area contributed by atoms with Gasteiger partial charge in [0.15, 0.2) is 5.82 Å². The van der Waals surface area contributed by atoms with E-state index in [1.54, 1.807) is 24.4 Å². The van der Waals surface area contributed by atoms with E-state index in [4.69, 9.17) is 4.74 Å². The molecule has 6 nitrogen and oxygen atoms in total. The summed E-state index contributed by atoms with van der Waals surface area (Å²) in [6.45, 7) is 3.22. The van der Waals surface area contributed by atoms with Gasteiger partial charge in [-0.3, -0.25) is 14.7 Å². The van der Waals surface area contributed by atoms with E-state index in [1.165, 1.54) is 0 Å². The molecule has 0 fully saturated rings. The molecule has 0 saturated heterocycles. The molecule has 3 rings (SSSR count). The Kier molecular flexibility index (Phi) is 4.62. The van der Waals surface area contributed by atoms with E-state index in [0.29, 0.717) is 31.8 Å². The minimum Gasteiger partial charge on any atom is -0.385 e. The molecule has 2 aromatic heterocycles. The van der Waals surface area contributed by atoms with Crippen molar-refractivity contribution < 1.29 is 9.53 Å². The maximum absolute atomic E-state index is 12.3. The largest absolute Gasteiger partial charge is 0.385 e. The number of methoxy groups -OCH3 is 1. The van der Waals surface area contributed by atoms with Gasteiger partial charge in [-0.15, -0.1) is 0 Å². The number of amides is 1. The summed E-state index contributed by atoms with van der Waals surface area (Å²) in [7, 11) is 1.67. The first-order chi connectivity index (χ1) is 11.2. The van der Waals surface area contributed by atoms with Crippen molar-refractivity contribution in [1.29, 1.82) is 0 Å². The lowest BCUT2D eigenvalue weighted by atomic mass is 10.0. The van der Waals surface area contributed by atoms with E-state index in [1.807, 2.05) is 19.1 Å². The Morgan fingerprint density at radius 2 is 2.00 bits per heavy atom. The van der Waals surface area contributed by atoms with Crippen LogP contribution in [0.15, 0.2) is 24.5 Å². The lowest BCUT2D eigenvalue weighted by Crippen LogP contribution is -2.37. The first kappa shape index (κ1) is 15.6. The van der Waals surface area contributed by atoms with Gasteiger partial charge in [-0.1, -0.05) is 0 Å². The van der Waals surface area contributed by atoms with Crippen molar-refractivity contribution in [3.05, 3.63) is 35.8 Å². The SMILES string of the molecule is COCCCN1C(=O)CCc2c(C)nc(-c3ccncc3)nc21. The van der Waals surface area contributed by atoms with E-state index < -0.39 is 0 Å². The number of aryl methyl sites for hydroxylation is 1. The average Bonchev–Trinajstić information content (AvgIpc) is 2.57. The zero-order chi connectivity index (χ0) is 16.2. The lowest BCUT2D eigenvalue weighted by molar-refractivity contribution is -0.119. The number of carbonyl (C=O) groups is 1. The Morgan fingerprint density at radius 1 is 1.22 bits per heavy atom. The molecule has 0 N–H and O–H groups in total. The standard InChI is InChI=1S/C17H20N4O2/c1-12-14-4-5-15(22)21(10-3-11-23-2)17(14)20-16(19-12)13-6-8-18-9-7-13/h6-9H,3-5,10-11H2,1-2H3. The lowest BCUT2D eigenvalue weighted by Gasteiger charge is -2.29. The number of aromatic nitrogens is 3.